The molecular weight excluding hydrogens is 289 g/mol. The lowest BCUT2D eigenvalue weighted by Crippen LogP contribution is -2.04. The summed E-state index contributed by atoms with van der Waals surface area (Å²) in [7, 11) is 0. The number of aromatic nitrogens is 1. The molecule has 0 atom stereocenters. The van der Waals surface area contributed by atoms with Crippen LogP contribution in [0, 0.1) is 5.82 Å². The normalized spacial score (nSPS) is 11.0. The van der Waals surface area contributed by atoms with Crippen molar-refractivity contribution in [2.24, 2.45) is 0 Å². The number of nitrogens with zero attached hydrogens (tertiary/aromatic N) is 1. The first-order chi connectivity index (χ1) is 10.2. The quantitative estimate of drug-likeness (QED) is 0.659. The molecule has 2 nitrogen and oxygen atoms in total. The van der Waals surface area contributed by atoms with Crippen LogP contribution in [0.2, 0.25) is 5.02 Å². The van der Waals surface area contributed by atoms with Crippen LogP contribution in [0.1, 0.15) is 12.6 Å². The SMILES string of the molecule is CCn1c(COc2ccc(F)cc2)cc2ccc(Cl)cc21. The lowest BCUT2D eigenvalue weighted by molar-refractivity contribution is 0.295. The average Bonchev–Trinajstić information content (AvgIpc) is 2.83. The molecule has 0 aliphatic heterocycles. The van der Waals surface area contributed by atoms with Crippen LogP contribution in [0.4, 0.5) is 4.39 Å². The average molecular weight is 304 g/mol. The maximum Gasteiger partial charge on any atom is 0.128 e. The van der Waals surface area contributed by atoms with Crippen molar-refractivity contribution in [2.45, 2.75) is 20.1 Å². The molecule has 108 valence electrons. The summed E-state index contributed by atoms with van der Waals surface area (Å²) in [6.07, 6.45) is 0. The maximum absolute atomic E-state index is 12.9. The molecule has 0 aliphatic carbocycles. The third kappa shape index (κ3) is 2.88. The van der Waals surface area contributed by atoms with Gasteiger partial charge in [0.05, 0.1) is 5.69 Å². The second-order valence-electron chi connectivity index (χ2n) is 4.83. The summed E-state index contributed by atoms with van der Waals surface area (Å²) >= 11 is 6.06. The Labute approximate surface area is 127 Å². The Kier molecular flexibility index (Phi) is 3.84. The number of benzene rings is 2. The molecule has 1 aromatic heterocycles. The lowest BCUT2D eigenvalue weighted by Gasteiger charge is -2.10. The lowest BCUT2D eigenvalue weighted by atomic mass is 10.2. The zero-order valence-corrected chi connectivity index (χ0v) is 12.4. The van der Waals surface area contributed by atoms with Crippen LogP contribution in [0.3, 0.4) is 0 Å². The van der Waals surface area contributed by atoms with E-state index in [0.717, 1.165) is 28.2 Å². The van der Waals surface area contributed by atoms with E-state index in [0.29, 0.717) is 12.4 Å². The molecular formula is C17H15ClFNO. The third-order valence-corrected chi connectivity index (χ3v) is 3.70. The van der Waals surface area contributed by atoms with Crippen LogP contribution in [0.25, 0.3) is 10.9 Å². The highest BCUT2D eigenvalue weighted by molar-refractivity contribution is 6.31. The number of aryl methyl sites for hydroxylation is 1. The van der Waals surface area contributed by atoms with Crippen molar-refractivity contribution in [1.82, 2.24) is 4.57 Å². The summed E-state index contributed by atoms with van der Waals surface area (Å²) in [5, 5.41) is 1.86. The van der Waals surface area contributed by atoms with Crippen molar-refractivity contribution in [2.75, 3.05) is 0 Å². The highest BCUT2D eigenvalue weighted by atomic mass is 35.5. The van der Waals surface area contributed by atoms with Crippen LogP contribution < -0.4 is 4.74 Å². The van der Waals surface area contributed by atoms with E-state index in [1.807, 2.05) is 18.2 Å². The molecule has 0 N–H and O–H groups in total. The van der Waals surface area contributed by atoms with Gasteiger partial charge in [-0.15, -0.1) is 0 Å². The maximum atomic E-state index is 12.9. The highest BCUT2D eigenvalue weighted by Gasteiger charge is 2.08. The third-order valence-electron chi connectivity index (χ3n) is 3.47. The number of fused-ring (bicyclic) bond motifs is 1. The van der Waals surface area contributed by atoms with Crippen LogP contribution in [-0.4, -0.2) is 4.57 Å². The van der Waals surface area contributed by atoms with Crippen LogP contribution in [0.5, 0.6) is 5.75 Å². The Morgan fingerprint density at radius 3 is 2.57 bits per heavy atom. The summed E-state index contributed by atoms with van der Waals surface area (Å²) in [6.45, 7) is 3.36. The van der Waals surface area contributed by atoms with Crippen molar-refractivity contribution >= 4 is 22.5 Å². The molecule has 4 heteroatoms. The molecule has 0 fully saturated rings. The summed E-state index contributed by atoms with van der Waals surface area (Å²) in [5.74, 6) is 0.391. The van der Waals surface area contributed by atoms with Crippen molar-refractivity contribution in [3.8, 4) is 5.75 Å². The molecule has 0 saturated carbocycles. The molecule has 0 amide bonds. The van der Waals surface area contributed by atoms with E-state index < -0.39 is 0 Å². The van der Waals surface area contributed by atoms with E-state index in [4.69, 9.17) is 16.3 Å². The fourth-order valence-electron chi connectivity index (χ4n) is 2.47. The molecule has 21 heavy (non-hydrogen) atoms. The van der Waals surface area contributed by atoms with Gasteiger partial charge in [-0.25, -0.2) is 4.39 Å². The Bertz CT molecular complexity index is 764. The topological polar surface area (TPSA) is 14.2 Å². The van der Waals surface area contributed by atoms with Gasteiger partial charge in [-0.2, -0.15) is 0 Å². The second kappa shape index (κ2) is 5.78. The first-order valence-corrected chi connectivity index (χ1v) is 7.21. The number of halogens is 2. The fraction of sp³-hybridized carbons (Fsp3) is 0.176. The predicted molar refractivity (Wildman–Crippen MR) is 83.4 cm³/mol. The number of rotatable bonds is 4. The van der Waals surface area contributed by atoms with Crippen molar-refractivity contribution < 1.29 is 9.13 Å². The van der Waals surface area contributed by atoms with Gasteiger partial charge in [-0.1, -0.05) is 17.7 Å². The van der Waals surface area contributed by atoms with Gasteiger partial charge in [0.15, 0.2) is 0 Å². The van der Waals surface area contributed by atoms with E-state index in [1.54, 1.807) is 12.1 Å². The first-order valence-electron chi connectivity index (χ1n) is 6.83. The van der Waals surface area contributed by atoms with Crippen LogP contribution >= 0.6 is 11.6 Å². The Hall–Kier alpha value is -2.00. The largest absolute Gasteiger partial charge is 0.487 e. The van der Waals surface area contributed by atoms with Gasteiger partial charge in [0.2, 0.25) is 0 Å². The Morgan fingerprint density at radius 1 is 1.10 bits per heavy atom. The summed E-state index contributed by atoms with van der Waals surface area (Å²) in [4.78, 5) is 0. The smallest absolute Gasteiger partial charge is 0.128 e. The monoisotopic (exact) mass is 303 g/mol. The summed E-state index contributed by atoms with van der Waals surface area (Å²) in [6, 6.07) is 14.0. The van der Waals surface area contributed by atoms with Gasteiger partial charge in [0.25, 0.3) is 0 Å². The van der Waals surface area contributed by atoms with E-state index in [1.165, 1.54) is 12.1 Å². The molecule has 3 aromatic rings. The van der Waals surface area contributed by atoms with Gasteiger partial charge in [-0.3, -0.25) is 0 Å². The minimum atomic E-state index is -0.264. The predicted octanol–water partition coefficient (Wildman–Crippen LogP) is 5.03. The molecule has 3 rings (SSSR count). The minimum absolute atomic E-state index is 0.264. The molecule has 0 spiro atoms. The van der Waals surface area contributed by atoms with E-state index in [9.17, 15) is 4.39 Å². The molecule has 0 bridgehead atoms. The van der Waals surface area contributed by atoms with Gasteiger partial charge in [-0.05, 0) is 49.4 Å². The Morgan fingerprint density at radius 2 is 1.86 bits per heavy atom. The molecule has 0 radical (unpaired) electrons. The summed E-state index contributed by atoms with van der Waals surface area (Å²) in [5.41, 5.74) is 2.17. The summed E-state index contributed by atoms with van der Waals surface area (Å²) < 4.78 is 20.8. The van der Waals surface area contributed by atoms with Crippen molar-refractivity contribution in [1.29, 1.82) is 0 Å². The fourth-order valence-corrected chi connectivity index (χ4v) is 2.63. The highest BCUT2D eigenvalue weighted by Crippen LogP contribution is 2.24. The van der Waals surface area contributed by atoms with Crippen molar-refractivity contribution in [3.63, 3.8) is 0 Å². The zero-order valence-electron chi connectivity index (χ0n) is 11.6. The number of hydrogen-bond acceptors (Lipinski definition) is 1. The first kappa shape index (κ1) is 14.0. The minimum Gasteiger partial charge on any atom is -0.487 e. The van der Waals surface area contributed by atoms with E-state index >= 15 is 0 Å². The zero-order chi connectivity index (χ0) is 14.8. The van der Waals surface area contributed by atoms with E-state index in [2.05, 4.69) is 17.6 Å². The van der Waals surface area contributed by atoms with Crippen molar-refractivity contribution in [3.05, 3.63) is 65.1 Å². The Balaban J connectivity index is 1.88. The number of hydrogen-bond donors (Lipinski definition) is 0. The molecule has 0 unspecified atom stereocenters. The molecule has 2 aromatic carbocycles. The standard InChI is InChI=1S/C17H15ClFNO/c1-2-20-15(9-12-3-4-13(18)10-17(12)20)11-21-16-7-5-14(19)6-8-16/h3-10H,2,11H2,1H3. The van der Waals surface area contributed by atoms with Gasteiger partial charge < -0.3 is 9.30 Å². The molecule has 1 heterocycles. The molecule has 0 saturated heterocycles. The second-order valence-corrected chi connectivity index (χ2v) is 5.26. The van der Waals surface area contributed by atoms with E-state index in [-0.39, 0.29) is 5.82 Å². The van der Waals surface area contributed by atoms with Crippen LogP contribution in [0.15, 0.2) is 48.5 Å². The van der Waals surface area contributed by atoms with Gasteiger partial charge >= 0.3 is 0 Å². The van der Waals surface area contributed by atoms with Crippen LogP contribution in [-0.2, 0) is 13.2 Å². The molecule has 0 aliphatic rings. The number of ether oxygens (including phenoxy) is 1. The van der Waals surface area contributed by atoms with Gasteiger partial charge in [0.1, 0.15) is 18.2 Å². The van der Waals surface area contributed by atoms with Gasteiger partial charge in [0, 0.05) is 22.5 Å².